The van der Waals surface area contributed by atoms with Gasteiger partial charge in [0.25, 0.3) is 0 Å². The smallest absolute Gasteiger partial charge is 0.316 e. The molecule has 0 bridgehead atoms. The van der Waals surface area contributed by atoms with Gasteiger partial charge in [0.15, 0.2) is 0 Å². The average Bonchev–Trinajstić information content (AvgIpc) is 2.76. The van der Waals surface area contributed by atoms with Gasteiger partial charge >= 0.3 is 5.97 Å². The van der Waals surface area contributed by atoms with Crippen molar-refractivity contribution in [3.8, 4) is 0 Å². The minimum Gasteiger partial charge on any atom is -0.468 e. The van der Waals surface area contributed by atoms with Crippen molar-refractivity contribution < 1.29 is 19.1 Å². The van der Waals surface area contributed by atoms with Gasteiger partial charge in [-0.2, -0.15) is 0 Å². The number of esters is 1. The molecule has 114 valence electrons. The van der Waals surface area contributed by atoms with Crippen LogP contribution in [0, 0.1) is 17.8 Å². The molecule has 0 amide bonds. The summed E-state index contributed by atoms with van der Waals surface area (Å²) in [5, 5.41) is 0. The van der Waals surface area contributed by atoms with Gasteiger partial charge in [0.05, 0.1) is 7.11 Å². The Morgan fingerprint density at radius 2 is 2.00 bits per heavy atom. The summed E-state index contributed by atoms with van der Waals surface area (Å²) in [6.07, 6.45) is 6.34. The van der Waals surface area contributed by atoms with E-state index in [-0.39, 0.29) is 23.4 Å². The zero-order chi connectivity index (χ0) is 15.1. The second kappa shape index (κ2) is 8.18. The van der Waals surface area contributed by atoms with E-state index >= 15 is 0 Å². The lowest BCUT2D eigenvalue weighted by Crippen LogP contribution is -2.34. The molecule has 0 spiro atoms. The third-order valence-electron chi connectivity index (χ3n) is 4.34. The van der Waals surface area contributed by atoms with Gasteiger partial charge in [0.2, 0.25) is 0 Å². The van der Waals surface area contributed by atoms with E-state index < -0.39 is 11.9 Å². The van der Waals surface area contributed by atoms with Gasteiger partial charge < -0.3 is 4.74 Å². The Hall–Kier alpha value is -1.19. The highest BCUT2D eigenvalue weighted by molar-refractivity contribution is 5.99. The number of carbonyl (C=O) groups is 3. The fourth-order valence-electron chi connectivity index (χ4n) is 3.27. The molecule has 1 aliphatic carbocycles. The van der Waals surface area contributed by atoms with Crippen molar-refractivity contribution in [2.45, 2.75) is 58.8 Å². The van der Waals surface area contributed by atoms with E-state index in [1.54, 1.807) is 0 Å². The zero-order valence-corrected chi connectivity index (χ0v) is 12.8. The summed E-state index contributed by atoms with van der Waals surface area (Å²) < 4.78 is 4.74. The van der Waals surface area contributed by atoms with E-state index in [1.807, 2.05) is 0 Å². The molecule has 1 saturated carbocycles. The Balaban J connectivity index is 2.71. The summed E-state index contributed by atoms with van der Waals surface area (Å²) >= 11 is 0. The minimum atomic E-state index is -0.761. The molecule has 3 unspecified atom stereocenters. The molecule has 4 nitrogen and oxygen atoms in total. The maximum absolute atomic E-state index is 12.0. The van der Waals surface area contributed by atoms with Crippen LogP contribution in [0.1, 0.15) is 58.8 Å². The zero-order valence-electron chi connectivity index (χ0n) is 12.8. The van der Waals surface area contributed by atoms with Crippen LogP contribution in [0.25, 0.3) is 0 Å². The Morgan fingerprint density at radius 1 is 1.30 bits per heavy atom. The first kappa shape index (κ1) is 16.9. The molecule has 0 saturated heterocycles. The van der Waals surface area contributed by atoms with Crippen molar-refractivity contribution in [1.82, 2.24) is 0 Å². The first-order valence-electron chi connectivity index (χ1n) is 7.63. The topological polar surface area (TPSA) is 60.4 Å². The van der Waals surface area contributed by atoms with E-state index in [1.165, 1.54) is 20.5 Å². The van der Waals surface area contributed by atoms with E-state index in [2.05, 4.69) is 6.92 Å². The first-order chi connectivity index (χ1) is 9.52. The normalized spacial score (nSPS) is 23.6. The molecular weight excluding hydrogens is 256 g/mol. The number of Topliss-reactive ketones (excluding diaryl/α,β-unsaturated/α-hetero) is 2. The summed E-state index contributed by atoms with van der Waals surface area (Å²) in [5.74, 6) is -1.52. The van der Waals surface area contributed by atoms with E-state index in [0.717, 1.165) is 25.7 Å². The highest BCUT2D eigenvalue weighted by atomic mass is 16.5. The van der Waals surface area contributed by atoms with Crippen LogP contribution in [-0.2, 0) is 19.1 Å². The van der Waals surface area contributed by atoms with Gasteiger partial charge in [-0.05, 0) is 25.7 Å². The lowest BCUT2D eigenvalue weighted by Gasteiger charge is -2.24. The van der Waals surface area contributed by atoms with Crippen molar-refractivity contribution in [2.24, 2.45) is 17.8 Å². The van der Waals surface area contributed by atoms with Crippen molar-refractivity contribution in [1.29, 1.82) is 0 Å². The van der Waals surface area contributed by atoms with Crippen molar-refractivity contribution in [3.63, 3.8) is 0 Å². The molecule has 0 aromatic heterocycles. The highest BCUT2D eigenvalue weighted by Gasteiger charge is 2.44. The molecule has 4 heteroatoms. The molecule has 3 atom stereocenters. The van der Waals surface area contributed by atoms with Gasteiger partial charge in [-0.15, -0.1) is 0 Å². The molecule has 1 aliphatic rings. The number of ether oxygens (including phenoxy) is 1. The lowest BCUT2D eigenvalue weighted by molar-refractivity contribution is -0.152. The van der Waals surface area contributed by atoms with Crippen LogP contribution >= 0.6 is 0 Å². The van der Waals surface area contributed by atoms with Crippen LogP contribution < -0.4 is 0 Å². The summed E-state index contributed by atoms with van der Waals surface area (Å²) in [6, 6.07) is 0. The number of methoxy groups -OCH3 is 1. The molecule has 0 radical (unpaired) electrons. The number of rotatable bonds is 8. The highest BCUT2D eigenvalue weighted by Crippen LogP contribution is 2.38. The Labute approximate surface area is 121 Å². The number of hydrogen-bond donors (Lipinski definition) is 0. The molecule has 1 fully saturated rings. The van der Waals surface area contributed by atoms with Crippen LogP contribution in [0.4, 0.5) is 0 Å². The number of unbranched alkanes of at least 4 members (excludes halogenated alkanes) is 3. The maximum Gasteiger partial charge on any atom is 0.316 e. The predicted octanol–water partition coefficient (Wildman–Crippen LogP) is 2.93. The van der Waals surface area contributed by atoms with Crippen LogP contribution in [0.3, 0.4) is 0 Å². The fourth-order valence-corrected chi connectivity index (χ4v) is 3.27. The maximum atomic E-state index is 12.0. The molecule has 0 aromatic carbocycles. The first-order valence-corrected chi connectivity index (χ1v) is 7.63. The molecule has 20 heavy (non-hydrogen) atoms. The Morgan fingerprint density at radius 3 is 2.55 bits per heavy atom. The van der Waals surface area contributed by atoms with Gasteiger partial charge in [-0.1, -0.05) is 32.6 Å². The van der Waals surface area contributed by atoms with Crippen molar-refractivity contribution in [2.75, 3.05) is 7.11 Å². The third kappa shape index (κ3) is 4.15. The molecular formula is C16H26O4. The van der Waals surface area contributed by atoms with Crippen LogP contribution in [0.2, 0.25) is 0 Å². The molecule has 1 rings (SSSR count). The second-order valence-corrected chi connectivity index (χ2v) is 5.74. The van der Waals surface area contributed by atoms with Crippen molar-refractivity contribution in [3.05, 3.63) is 0 Å². The quantitative estimate of drug-likeness (QED) is 0.390. The van der Waals surface area contributed by atoms with E-state index in [9.17, 15) is 14.4 Å². The summed E-state index contributed by atoms with van der Waals surface area (Å²) in [7, 11) is 1.30. The SMILES string of the molecule is CCCCCCC1C(=O)CCC1C(C(C)=O)C(=O)OC. The molecule has 0 aromatic rings. The molecule has 0 heterocycles. The fraction of sp³-hybridized carbons (Fsp3) is 0.812. The summed E-state index contributed by atoms with van der Waals surface area (Å²) in [4.78, 5) is 35.6. The van der Waals surface area contributed by atoms with Gasteiger partial charge in [0.1, 0.15) is 17.5 Å². The van der Waals surface area contributed by atoms with Gasteiger partial charge in [-0.25, -0.2) is 0 Å². The lowest BCUT2D eigenvalue weighted by atomic mass is 9.79. The van der Waals surface area contributed by atoms with Crippen molar-refractivity contribution >= 4 is 17.5 Å². The second-order valence-electron chi connectivity index (χ2n) is 5.74. The monoisotopic (exact) mass is 282 g/mol. The average molecular weight is 282 g/mol. The summed E-state index contributed by atoms with van der Waals surface area (Å²) in [5.41, 5.74) is 0. The standard InChI is InChI=1S/C16H26O4/c1-4-5-6-7-8-12-13(9-10-14(12)18)15(11(2)17)16(19)20-3/h12-13,15H,4-10H2,1-3H3. The number of hydrogen-bond acceptors (Lipinski definition) is 4. The molecule has 0 aliphatic heterocycles. The van der Waals surface area contributed by atoms with E-state index in [0.29, 0.717) is 12.8 Å². The Bertz CT molecular complexity index is 361. The van der Waals surface area contributed by atoms with Crippen LogP contribution in [0.5, 0.6) is 0 Å². The largest absolute Gasteiger partial charge is 0.468 e. The number of carbonyl (C=O) groups excluding carboxylic acids is 3. The van der Waals surface area contributed by atoms with Gasteiger partial charge in [0, 0.05) is 12.3 Å². The summed E-state index contributed by atoms with van der Waals surface area (Å²) in [6.45, 7) is 3.56. The minimum absolute atomic E-state index is 0.139. The van der Waals surface area contributed by atoms with Crippen LogP contribution in [0.15, 0.2) is 0 Å². The van der Waals surface area contributed by atoms with E-state index in [4.69, 9.17) is 4.74 Å². The van der Waals surface area contributed by atoms with Crippen LogP contribution in [-0.4, -0.2) is 24.6 Å². The number of ketones is 2. The Kier molecular flexibility index (Phi) is 6.89. The third-order valence-corrected chi connectivity index (χ3v) is 4.34. The predicted molar refractivity (Wildman–Crippen MR) is 76.2 cm³/mol. The molecule has 0 N–H and O–H groups in total. The van der Waals surface area contributed by atoms with Gasteiger partial charge in [-0.3, -0.25) is 14.4 Å².